The second-order valence-corrected chi connectivity index (χ2v) is 2.76. The molecule has 0 amide bonds. The van der Waals surface area contributed by atoms with Gasteiger partial charge in [-0.15, -0.1) is 24.0 Å². The molecular weight excluding hydrogens is 199 g/mol. The zero-order valence-electron chi connectivity index (χ0n) is 6.96. The monoisotopic (exact) mass is 214 g/mol. The minimum Gasteiger partial charge on any atom is -0.330 e. The van der Waals surface area contributed by atoms with Crippen LogP contribution in [0.2, 0.25) is 0 Å². The van der Waals surface area contributed by atoms with Gasteiger partial charge < -0.3 is 11.5 Å². The highest BCUT2D eigenvalue weighted by Crippen LogP contribution is 1.99. The lowest BCUT2D eigenvalue weighted by atomic mass is 10.1. The molecule has 3 nitrogen and oxygen atoms in total. The van der Waals surface area contributed by atoms with E-state index in [9.17, 15) is 4.79 Å². The number of carbonyl (C=O) groups excluding carboxylic acids is 1. The summed E-state index contributed by atoms with van der Waals surface area (Å²) in [6, 6.07) is -0.390. The van der Waals surface area contributed by atoms with Gasteiger partial charge in [0.05, 0.1) is 11.9 Å². The third-order valence-electron chi connectivity index (χ3n) is 1.51. The van der Waals surface area contributed by atoms with E-state index in [4.69, 9.17) is 23.1 Å². The maximum Gasteiger partial charge on any atom is 0.164 e. The highest BCUT2D eigenvalue weighted by molar-refractivity contribution is 6.28. The van der Waals surface area contributed by atoms with Crippen molar-refractivity contribution >= 4 is 29.8 Å². The maximum atomic E-state index is 10.8. The lowest BCUT2D eigenvalue weighted by Crippen LogP contribution is -2.31. The van der Waals surface area contributed by atoms with E-state index in [1.807, 2.05) is 0 Å². The van der Waals surface area contributed by atoms with Crippen molar-refractivity contribution in [1.29, 1.82) is 0 Å². The highest BCUT2D eigenvalue weighted by atomic mass is 35.5. The molecule has 12 heavy (non-hydrogen) atoms. The summed E-state index contributed by atoms with van der Waals surface area (Å²) in [6.45, 7) is 0.655. The number of alkyl halides is 1. The van der Waals surface area contributed by atoms with E-state index in [0.29, 0.717) is 13.0 Å². The Kier molecular flexibility index (Phi) is 11.3. The third-order valence-corrected chi connectivity index (χ3v) is 1.78. The molecule has 0 heterocycles. The largest absolute Gasteiger partial charge is 0.330 e. The molecule has 0 spiro atoms. The summed E-state index contributed by atoms with van der Waals surface area (Å²) in [5.41, 5.74) is 10.8. The van der Waals surface area contributed by atoms with E-state index in [-0.39, 0.29) is 30.1 Å². The van der Waals surface area contributed by atoms with E-state index in [2.05, 4.69) is 0 Å². The topological polar surface area (TPSA) is 69.1 Å². The average molecular weight is 215 g/mol. The Morgan fingerprint density at radius 2 is 2.00 bits per heavy atom. The van der Waals surface area contributed by atoms with Crippen molar-refractivity contribution in [1.82, 2.24) is 0 Å². The van der Waals surface area contributed by atoms with Gasteiger partial charge in [-0.1, -0.05) is 6.42 Å². The standard InChI is InChI=1S/C7H15ClN2O.ClH/c8-5-7(11)6(10)3-1-2-4-9;/h6H,1-5,9-10H2;1H/t6-;/m0./s1. The fourth-order valence-electron chi connectivity index (χ4n) is 0.769. The van der Waals surface area contributed by atoms with Crippen molar-refractivity contribution < 1.29 is 4.79 Å². The average Bonchev–Trinajstić information content (AvgIpc) is 2.03. The molecule has 0 aromatic heterocycles. The van der Waals surface area contributed by atoms with E-state index >= 15 is 0 Å². The quantitative estimate of drug-likeness (QED) is 0.505. The predicted octanol–water partition coefficient (Wildman–Crippen LogP) is 0.672. The molecule has 4 N–H and O–H groups in total. The minimum atomic E-state index is -0.390. The van der Waals surface area contributed by atoms with E-state index in [1.165, 1.54) is 0 Å². The normalized spacial score (nSPS) is 11.9. The molecule has 0 aliphatic carbocycles. The van der Waals surface area contributed by atoms with Gasteiger partial charge >= 0.3 is 0 Å². The molecule has 74 valence electrons. The Morgan fingerprint density at radius 1 is 1.42 bits per heavy atom. The van der Waals surface area contributed by atoms with Crippen LogP contribution in [0.15, 0.2) is 0 Å². The van der Waals surface area contributed by atoms with E-state index < -0.39 is 0 Å². The van der Waals surface area contributed by atoms with Crippen LogP contribution in [0.25, 0.3) is 0 Å². The summed E-state index contributed by atoms with van der Waals surface area (Å²) in [4.78, 5) is 10.8. The molecule has 0 rings (SSSR count). The number of hydrogen-bond donors (Lipinski definition) is 2. The van der Waals surface area contributed by atoms with E-state index in [1.54, 1.807) is 0 Å². The molecule has 1 atom stereocenters. The van der Waals surface area contributed by atoms with Crippen LogP contribution in [0.5, 0.6) is 0 Å². The Morgan fingerprint density at radius 3 is 2.42 bits per heavy atom. The number of hydrogen-bond acceptors (Lipinski definition) is 3. The molecule has 0 radical (unpaired) electrons. The number of unbranched alkanes of at least 4 members (excludes halogenated alkanes) is 1. The first kappa shape index (κ1) is 14.7. The van der Waals surface area contributed by atoms with Gasteiger partial charge in [-0.3, -0.25) is 4.79 Å². The molecule has 0 unspecified atom stereocenters. The molecule has 0 fully saturated rings. The summed E-state index contributed by atoms with van der Waals surface area (Å²) in [5.74, 6) is -0.0623. The second kappa shape index (κ2) is 9.26. The lowest BCUT2D eigenvalue weighted by Gasteiger charge is -2.06. The number of carbonyl (C=O) groups is 1. The van der Waals surface area contributed by atoms with Gasteiger partial charge in [0, 0.05) is 0 Å². The summed E-state index contributed by atoms with van der Waals surface area (Å²) >= 11 is 5.31. The number of Topliss-reactive ketones (excluding diaryl/α,β-unsaturated/α-hetero) is 1. The molecule has 0 aromatic carbocycles. The first-order chi connectivity index (χ1) is 5.22. The SMILES string of the molecule is Cl.NCCCC[C@H](N)C(=O)CCl. The van der Waals surface area contributed by atoms with Gasteiger partial charge in [-0.05, 0) is 19.4 Å². The van der Waals surface area contributed by atoms with Crippen molar-refractivity contribution in [3.8, 4) is 0 Å². The van der Waals surface area contributed by atoms with Gasteiger partial charge in [-0.2, -0.15) is 0 Å². The Bertz CT molecular complexity index is 122. The fourth-order valence-corrected chi connectivity index (χ4v) is 0.967. The molecular formula is C7H16Cl2N2O. The molecule has 0 saturated heterocycles. The van der Waals surface area contributed by atoms with Crippen LogP contribution in [0.4, 0.5) is 0 Å². The third kappa shape index (κ3) is 6.85. The molecule has 0 saturated carbocycles. The van der Waals surface area contributed by atoms with Crippen molar-refractivity contribution in [2.24, 2.45) is 11.5 Å². The summed E-state index contributed by atoms with van der Waals surface area (Å²) in [6.07, 6.45) is 2.52. The number of halogens is 2. The zero-order chi connectivity index (χ0) is 8.69. The smallest absolute Gasteiger partial charge is 0.164 e. The van der Waals surface area contributed by atoms with Gasteiger partial charge in [0.1, 0.15) is 0 Å². The summed E-state index contributed by atoms with van der Waals surface area (Å²) in [5, 5.41) is 0. The number of ketones is 1. The van der Waals surface area contributed by atoms with Crippen LogP contribution in [0.1, 0.15) is 19.3 Å². The van der Waals surface area contributed by atoms with Crippen molar-refractivity contribution in [3.05, 3.63) is 0 Å². The first-order valence-corrected chi connectivity index (χ1v) is 4.30. The summed E-state index contributed by atoms with van der Waals surface area (Å²) in [7, 11) is 0. The fraction of sp³-hybridized carbons (Fsp3) is 0.857. The number of rotatable bonds is 6. The van der Waals surface area contributed by atoms with Crippen LogP contribution in [0, 0.1) is 0 Å². The Labute approximate surface area is 84.2 Å². The van der Waals surface area contributed by atoms with Gasteiger partial charge in [-0.25, -0.2) is 0 Å². The molecule has 0 bridgehead atoms. The first-order valence-electron chi connectivity index (χ1n) is 3.76. The molecule has 0 aromatic rings. The Hall–Kier alpha value is 0.170. The second-order valence-electron chi connectivity index (χ2n) is 2.49. The van der Waals surface area contributed by atoms with Crippen LogP contribution in [-0.4, -0.2) is 24.2 Å². The summed E-state index contributed by atoms with van der Waals surface area (Å²) < 4.78 is 0. The van der Waals surface area contributed by atoms with Gasteiger partial charge in [0.25, 0.3) is 0 Å². The van der Waals surface area contributed by atoms with Crippen molar-refractivity contribution in [2.45, 2.75) is 25.3 Å². The molecule has 5 heteroatoms. The predicted molar refractivity (Wildman–Crippen MR) is 53.9 cm³/mol. The molecule has 0 aliphatic heterocycles. The zero-order valence-corrected chi connectivity index (χ0v) is 8.53. The highest BCUT2D eigenvalue weighted by Gasteiger charge is 2.10. The van der Waals surface area contributed by atoms with E-state index in [0.717, 1.165) is 12.8 Å². The maximum absolute atomic E-state index is 10.8. The van der Waals surface area contributed by atoms with Crippen molar-refractivity contribution in [2.75, 3.05) is 12.4 Å². The molecule has 0 aliphatic rings. The minimum absolute atomic E-state index is 0. The Balaban J connectivity index is 0. The van der Waals surface area contributed by atoms with Crippen LogP contribution >= 0.6 is 24.0 Å². The lowest BCUT2D eigenvalue weighted by molar-refractivity contribution is -0.118. The van der Waals surface area contributed by atoms with Gasteiger partial charge in [0.2, 0.25) is 0 Å². The van der Waals surface area contributed by atoms with Crippen LogP contribution < -0.4 is 11.5 Å². The van der Waals surface area contributed by atoms with Gasteiger partial charge in [0.15, 0.2) is 5.78 Å². The number of nitrogens with two attached hydrogens (primary N) is 2. The van der Waals surface area contributed by atoms with Crippen LogP contribution in [-0.2, 0) is 4.79 Å². The van der Waals surface area contributed by atoms with Crippen molar-refractivity contribution in [3.63, 3.8) is 0 Å². The van der Waals surface area contributed by atoms with Crippen LogP contribution in [0.3, 0.4) is 0 Å².